The quantitative estimate of drug-likeness (QED) is 0.161. The van der Waals surface area contributed by atoms with Gasteiger partial charge in [-0.15, -0.1) is 0 Å². The highest BCUT2D eigenvalue weighted by molar-refractivity contribution is 7.52. The van der Waals surface area contributed by atoms with Crippen molar-refractivity contribution in [3.8, 4) is 5.75 Å². The average molecular weight is 500 g/mol. The van der Waals surface area contributed by atoms with Crippen LogP contribution in [0.4, 0.5) is 0 Å². The molecule has 0 heterocycles. The Labute approximate surface area is 200 Å². The van der Waals surface area contributed by atoms with Crippen LogP contribution in [0.5, 0.6) is 5.75 Å². The fraction of sp³-hybridized carbons (Fsp3) is 0.625. The SMILES string of the molecule is C/C(=C\COP(=O)(N[C@@H](C)C(=O)OC(C)(C)C)Oc1ccccc1)CO[Si](C)(C)C(C)(C)C. The molecule has 188 valence electrons. The van der Waals surface area contributed by atoms with Crippen molar-refractivity contribution < 1.29 is 27.6 Å². The van der Waals surface area contributed by atoms with Crippen molar-refractivity contribution in [1.82, 2.24) is 5.09 Å². The summed E-state index contributed by atoms with van der Waals surface area (Å²) in [6.45, 7) is 20.3. The van der Waals surface area contributed by atoms with Gasteiger partial charge in [-0.05, 0) is 64.9 Å². The molecule has 2 atom stereocenters. The number of esters is 1. The number of nitrogens with one attached hydrogen (secondary N) is 1. The van der Waals surface area contributed by atoms with Gasteiger partial charge in [0, 0.05) is 0 Å². The lowest BCUT2D eigenvalue weighted by atomic mass is 10.2. The number of hydrogen-bond donors (Lipinski definition) is 1. The Bertz CT molecular complexity index is 843. The van der Waals surface area contributed by atoms with Gasteiger partial charge in [0.15, 0.2) is 8.32 Å². The van der Waals surface area contributed by atoms with Crippen molar-refractivity contribution in [2.75, 3.05) is 13.2 Å². The second-order valence-corrected chi connectivity index (χ2v) is 17.2. The number of carbonyl (C=O) groups excluding carboxylic acids is 1. The van der Waals surface area contributed by atoms with E-state index in [0.717, 1.165) is 5.57 Å². The standard InChI is InChI=1S/C24H42NO6PSi/c1-19(18-29-33(9,10)24(6,7)8)16-17-28-32(27,31-21-14-12-11-13-15-21)25-20(2)22(26)30-23(3,4)5/h11-16,20H,17-18H2,1-10H3,(H,25,27)/b19-16+/t20-,32?/m0/s1. The van der Waals surface area contributed by atoms with E-state index in [4.69, 9.17) is 18.2 Å². The molecule has 1 aromatic rings. The van der Waals surface area contributed by atoms with Crippen molar-refractivity contribution in [2.45, 2.75) is 85.2 Å². The first-order valence-electron chi connectivity index (χ1n) is 11.2. The van der Waals surface area contributed by atoms with E-state index < -0.39 is 33.7 Å². The number of ether oxygens (including phenoxy) is 1. The van der Waals surface area contributed by atoms with Crippen LogP contribution in [0.1, 0.15) is 55.4 Å². The van der Waals surface area contributed by atoms with Crippen molar-refractivity contribution in [3.05, 3.63) is 42.0 Å². The molecular formula is C24H42NO6PSi. The molecule has 0 aliphatic heterocycles. The van der Waals surface area contributed by atoms with Crippen molar-refractivity contribution in [2.24, 2.45) is 0 Å². The smallest absolute Gasteiger partial charge is 0.459 e. The molecule has 0 fully saturated rings. The van der Waals surface area contributed by atoms with Gasteiger partial charge >= 0.3 is 13.7 Å². The maximum atomic E-state index is 13.5. The van der Waals surface area contributed by atoms with E-state index in [1.807, 2.05) is 19.1 Å². The van der Waals surface area contributed by atoms with Crippen LogP contribution in [0.2, 0.25) is 18.1 Å². The minimum Gasteiger partial charge on any atom is -0.459 e. The minimum atomic E-state index is -3.88. The van der Waals surface area contributed by atoms with Gasteiger partial charge in [-0.2, -0.15) is 5.09 Å². The zero-order valence-corrected chi connectivity index (χ0v) is 23.7. The van der Waals surface area contributed by atoms with Crippen LogP contribution in [0, 0.1) is 0 Å². The summed E-state index contributed by atoms with van der Waals surface area (Å²) in [6, 6.07) is 7.79. The largest absolute Gasteiger partial charge is 0.459 e. The molecule has 1 unspecified atom stereocenters. The van der Waals surface area contributed by atoms with Crippen LogP contribution in [0.3, 0.4) is 0 Å². The summed E-state index contributed by atoms with van der Waals surface area (Å²) in [5.41, 5.74) is 0.300. The summed E-state index contributed by atoms with van der Waals surface area (Å²) < 4.78 is 36.4. The molecule has 0 saturated heterocycles. The summed E-state index contributed by atoms with van der Waals surface area (Å²) in [4.78, 5) is 12.4. The molecule has 33 heavy (non-hydrogen) atoms. The highest BCUT2D eigenvalue weighted by Gasteiger charge is 2.37. The van der Waals surface area contributed by atoms with Crippen LogP contribution in [0.15, 0.2) is 42.0 Å². The van der Waals surface area contributed by atoms with Gasteiger partial charge in [0.1, 0.15) is 17.4 Å². The van der Waals surface area contributed by atoms with E-state index in [9.17, 15) is 9.36 Å². The van der Waals surface area contributed by atoms with Crippen LogP contribution in [0.25, 0.3) is 0 Å². The highest BCUT2D eigenvalue weighted by atomic mass is 31.2. The van der Waals surface area contributed by atoms with Gasteiger partial charge in [0.25, 0.3) is 0 Å². The lowest BCUT2D eigenvalue weighted by Gasteiger charge is -2.36. The molecule has 0 saturated carbocycles. The molecule has 0 aliphatic carbocycles. The second kappa shape index (κ2) is 11.8. The van der Waals surface area contributed by atoms with Crippen LogP contribution in [-0.4, -0.2) is 39.1 Å². The third-order valence-corrected chi connectivity index (χ3v) is 11.3. The summed E-state index contributed by atoms with van der Waals surface area (Å²) >= 11 is 0. The van der Waals surface area contributed by atoms with Crippen molar-refractivity contribution in [3.63, 3.8) is 0 Å². The van der Waals surface area contributed by atoms with Crippen molar-refractivity contribution in [1.29, 1.82) is 0 Å². The Kier molecular flexibility index (Phi) is 10.6. The molecule has 0 radical (unpaired) electrons. The lowest BCUT2D eigenvalue weighted by Crippen LogP contribution is -2.41. The molecule has 0 bridgehead atoms. The van der Waals surface area contributed by atoms with Gasteiger partial charge < -0.3 is 13.7 Å². The van der Waals surface area contributed by atoms with E-state index in [0.29, 0.717) is 12.4 Å². The molecule has 1 N–H and O–H groups in total. The van der Waals surface area contributed by atoms with Gasteiger partial charge in [0.05, 0.1) is 13.2 Å². The van der Waals surface area contributed by atoms with E-state index in [2.05, 4.69) is 39.0 Å². The Morgan fingerprint density at radius 3 is 2.21 bits per heavy atom. The van der Waals surface area contributed by atoms with Gasteiger partial charge in [-0.1, -0.05) is 50.6 Å². The van der Waals surface area contributed by atoms with Crippen molar-refractivity contribution >= 4 is 22.0 Å². The van der Waals surface area contributed by atoms with E-state index in [1.54, 1.807) is 52.0 Å². The Morgan fingerprint density at radius 1 is 1.12 bits per heavy atom. The number of carbonyl (C=O) groups is 1. The van der Waals surface area contributed by atoms with Gasteiger partial charge in [-0.25, -0.2) is 4.57 Å². The maximum absolute atomic E-state index is 13.5. The number of rotatable bonds is 11. The Morgan fingerprint density at radius 2 is 1.70 bits per heavy atom. The topological polar surface area (TPSA) is 83.1 Å². The zero-order valence-electron chi connectivity index (χ0n) is 21.9. The summed E-state index contributed by atoms with van der Waals surface area (Å²) in [5, 5.41) is 2.81. The first-order chi connectivity index (χ1) is 14.9. The predicted octanol–water partition coefficient (Wildman–Crippen LogP) is 6.48. The molecule has 0 aliphatic rings. The zero-order chi connectivity index (χ0) is 25.5. The molecule has 7 nitrogen and oxygen atoms in total. The average Bonchev–Trinajstić information content (AvgIpc) is 2.64. The molecule has 0 amide bonds. The number of hydrogen-bond acceptors (Lipinski definition) is 6. The number of benzene rings is 1. The first kappa shape index (κ1) is 29.6. The molecule has 1 rings (SSSR count). The van der Waals surface area contributed by atoms with Gasteiger partial charge in [-0.3, -0.25) is 9.32 Å². The first-order valence-corrected chi connectivity index (χ1v) is 15.7. The Balaban J connectivity index is 2.87. The Hall–Kier alpha value is -1.44. The normalized spacial score (nSPS) is 16.1. The minimum absolute atomic E-state index is 0.0326. The summed E-state index contributed by atoms with van der Waals surface area (Å²) in [5.74, 6) is -0.177. The molecule has 1 aromatic carbocycles. The predicted molar refractivity (Wildman–Crippen MR) is 136 cm³/mol. The molecule has 9 heteroatoms. The lowest BCUT2D eigenvalue weighted by molar-refractivity contribution is -0.156. The maximum Gasteiger partial charge on any atom is 0.459 e. The molecule has 0 spiro atoms. The van der Waals surface area contributed by atoms with Gasteiger partial charge in [0.2, 0.25) is 0 Å². The van der Waals surface area contributed by atoms with E-state index in [1.165, 1.54) is 0 Å². The van der Waals surface area contributed by atoms with Crippen LogP contribution >= 0.6 is 7.75 Å². The fourth-order valence-corrected chi connectivity index (χ4v) is 4.69. The molecular weight excluding hydrogens is 457 g/mol. The van der Waals surface area contributed by atoms with Crippen LogP contribution in [-0.2, 0) is 23.0 Å². The second-order valence-electron chi connectivity index (χ2n) is 10.7. The fourth-order valence-electron chi connectivity index (χ4n) is 2.24. The van der Waals surface area contributed by atoms with E-state index >= 15 is 0 Å². The third-order valence-electron chi connectivity index (χ3n) is 5.22. The third kappa shape index (κ3) is 11.0. The summed E-state index contributed by atoms with van der Waals surface area (Å²) in [6.07, 6.45) is 1.81. The highest BCUT2D eigenvalue weighted by Crippen LogP contribution is 2.45. The molecule has 0 aromatic heterocycles. The van der Waals surface area contributed by atoms with E-state index in [-0.39, 0.29) is 11.6 Å². The number of para-hydroxylation sites is 1. The monoisotopic (exact) mass is 499 g/mol. The summed E-state index contributed by atoms with van der Waals surface area (Å²) in [7, 11) is -5.75. The van der Waals surface area contributed by atoms with Crippen LogP contribution < -0.4 is 9.61 Å².